The molecule has 1 amide bonds. The second-order valence-corrected chi connectivity index (χ2v) is 5.09. The molecule has 1 aromatic carbocycles. The molecule has 0 fully saturated rings. The van der Waals surface area contributed by atoms with Gasteiger partial charge in [0.25, 0.3) is 0 Å². The van der Waals surface area contributed by atoms with E-state index >= 15 is 0 Å². The maximum atomic E-state index is 12.0. The third-order valence-corrected chi connectivity index (χ3v) is 3.69. The fourth-order valence-corrected chi connectivity index (χ4v) is 2.19. The Morgan fingerprint density at radius 3 is 2.75 bits per heavy atom. The van der Waals surface area contributed by atoms with Gasteiger partial charge in [0.05, 0.1) is 0 Å². The lowest BCUT2D eigenvalue weighted by atomic mass is 10.2. The lowest BCUT2D eigenvalue weighted by Crippen LogP contribution is -2.35. The highest BCUT2D eigenvalue weighted by molar-refractivity contribution is 5.90. The smallest absolute Gasteiger partial charge is 0.225 e. The van der Waals surface area contributed by atoms with Crippen molar-refractivity contribution in [1.29, 1.82) is 0 Å². The Labute approximate surface area is 122 Å². The predicted octanol–water partition coefficient (Wildman–Crippen LogP) is 2.59. The van der Waals surface area contributed by atoms with E-state index in [1.165, 1.54) is 0 Å². The van der Waals surface area contributed by atoms with Crippen molar-refractivity contribution in [2.45, 2.75) is 46.2 Å². The van der Waals surface area contributed by atoms with E-state index in [4.69, 9.17) is 5.73 Å². The van der Waals surface area contributed by atoms with Gasteiger partial charge >= 0.3 is 0 Å². The molecule has 0 aromatic heterocycles. The number of hydrogen-bond donors (Lipinski definition) is 2. The van der Waals surface area contributed by atoms with Crippen molar-refractivity contribution in [3.63, 3.8) is 0 Å². The Morgan fingerprint density at radius 2 is 2.15 bits per heavy atom. The first-order valence-electron chi connectivity index (χ1n) is 7.43. The van der Waals surface area contributed by atoms with Gasteiger partial charge in [0.2, 0.25) is 5.91 Å². The number of amides is 1. The van der Waals surface area contributed by atoms with Gasteiger partial charge in [-0.2, -0.15) is 0 Å². The third kappa shape index (κ3) is 5.31. The zero-order valence-corrected chi connectivity index (χ0v) is 12.9. The summed E-state index contributed by atoms with van der Waals surface area (Å²) in [5.74, 6) is 0.0564. The van der Waals surface area contributed by atoms with E-state index < -0.39 is 0 Å². The highest BCUT2D eigenvalue weighted by atomic mass is 16.1. The van der Waals surface area contributed by atoms with Crippen LogP contribution < -0.4 is 11.1 Å². The first-order chi connectivity index (χ1) is 9.60. The van der Waals surface area contributed by atoms with Gasteiger partial charge in [-0.25, -0.2) is 0 Å². The second-order valence-electron chi connectivity index (χ2n) is 5.09. The molecule has 1 atom stereocenters. The molecule has 0 aliphatic carbocycles. The van der Waals surface area contributed by atoms with Gasteiger partial charge in [-0.05, 0) is 37.6 Å². The van der Waals surface area contributed by atoms with Crippen LogP contribution in [0.2, 0.25) is 0 Å². The van der Waals surface area contributed by atoms with Crippen molar-refractivity contribution in [2.75, 3.05) is 18.4 Å². The number of carbonyl (C=O) groups excluding carboxylic acids is 1. The maximum Gasteiger partial charge on any atom is 0.225 e. The highest BCUT2D eigenvalue weighted by Crippen LogP contribution is 2.11. The topological polar surface area (TPSA) is 58.4 Å². The van der Waals surface area contributed by atoms with Crippen LogP contribution in [-0.4, -0.2) is 29.9 Å². The van der Waals surface area contributed by atoms with Crippen LogP contribution in [0.1, 0.15) is 39.2 Å². The summed E-state index contributed by atoms with van der Waals surface area (Å²) in [6.45, 7) is 8.77. The molecule has 0 heterocycles. The first kappa shape index (κ1) is 16.7. The standard InChI is InChI=1S/C16H27N3O/c1-4-13(3)19(5-2)10-9-16(20)18-15-8-6-7-14(11-15)12-17/h6-8,11,13H,4-5,9-10,12,17H2,1-3H3,(H,18,20). The largest absolute Gasteiger partial charge is 0.326 e. The number of nitrogens with one attached hydrogen (secondary N) is 1. The van der Waals surface area contributed by atoms with Gasteiger partial charge < -0.3 is 16.0 Å². The van der Waals surface area contributed by atoms with Crippen molar-refractivity contribution in [2.24, 2.45) is 5.73 Å². The van der Waals surface area contributed by atoms with E-state index in [0.29, 0.717) is 19.0 Å². The molecule has 0 bridgehead atoms. The van der Waals surface area contributed by atoms with Gasteiger partial charge in [0, 0.05) is 31.2 Å². The van der Waals surface area contributed by atoms with Crippen LogP contribution in [0, 0.1) is 0 Å². The Bertz CT molecular complexity index is 420. The molecule has 0 aliphatic rings. The molecule has 4 heteroatoms. The normalized spacial score (nSPS) is 12.4. The monoisotopic (exact) mass is 277 g/mol. The van der Waals surface area contributed by atoms with E-state index in [2.05, 4.69) is 31.0 Å². The van der Waals surface area contributed by atoms with E-state index in [1.54, 1.807) is 0 Å². The van der Waals surface area contributed by atoms with E-state index in [9.17, 15) is 4.79 Å². The van der Waals surface area contributed by atoms with Crippen LogP contribution >= 0.6 is 0 Å². The van der Waals surface area contributed by atoms with E-state index in [-0.39, 0.29) is 5.91 Å². The Hall–Kier alpha value is -1.39. The minimum Gasteiger partial charge on any atom is -0.326 e. The summed E-state index contributed by atoms with van der Waals surface area (Å²) in [4.78, 5) is 14.3. The van der Waals surface area contributed by atoms with Crippen LogP contribution in [0.25, 0.3) is 0 Å². The lowest BCUT2D eigenvalue weighted by Gasteiger charge is -2.26. The Morgan fingerprint density at radius 1 is 1.40 bits per heavy atom. The fraction of sp³-hybridized carbons (Fsp3) is 0.562. The minimum atomic E-state index is 0.0564. The Balaban J connectivity index is 2.46. The number of nitrogens with zero attached hydrogens (tertiary/aromatic N) is 1. The van der Waals surface area contributed by atoms with Crippen LogP contribution in [0.3, 0.4) is 0 Å². The fourth-order valence-electron chi connectivity index (χ4n) is 2.19. The van der Waals surface area contributed by atoms with Crippen LogP contribution in [0.4, 0.5) is 5.69 Å². The SMILES string of the molecule is CCC(C)N(CC)CCC(=O)Nc1cccc(CN)c1. The van der Waals surface area contributed by atoms with Gasteiger partial charge in [-0.15, -0.1) is 0 Å². The van der Waals surface area contributed by atoms with Crippen LogP contribution in [0.5, 0.6) is 0 Å². The summed E-state index contributed by atoms with van der Waals surface area (Å²) in [5, 5.41) is 2.93. The molecule has 20 heavy (non-hydrogen) atoms. The quantitative estimate of drug-likeness (QED) is 0.768. The van der Waals surface area contributed by atoms with Gasteiger partial charge in [-0.1, -0.05) is 26.0 Å². The summed E-state index contributed by atoms with van der Waals surface area (Å²) in [5.41, 5.74) is 7.44. The number of anilines is 1. The molecule has 1 rings (SSSR count). The number of hydrogen-bond acceptors (Lipinski definition) is 3. The maximum absolute atomic E-state index is 12.0. The molecular formula is C16H27N3O. The van der Waals surface area contributed by atoms with Crippen molar-refractivity contribution in [3.8, 4) is 0 Å². The van der Waals surface area contributed by atoms with E-state index in [0.717, 1.165) is 30.8 Å². The third-order valence-electron chi connectivity index (χ3n) is 3.69. The zero-order valence-electron chi connectivity index (χ0n) is 12.9. The van der Waals surface area contributed by atoms with Crippen molar-refractivity contribution in [1.82, 2.24) is 4.90 Å². The summed E-state index contributed by atoms with van der Waals surface area (Å²) >= 11 is 0. The number of carbonyl (C=O) groups is 1. The second kappa shape index (κ2) is 8.72. The summed E-state index contributed by atoms with van der Waals surface area (Å²) in [6, 6.07) is 8.20. The first-order valence-corrected chi connectivity index (χ1v) is 7.43. The molecule has 0 radical (unpaired) electrons. The van der Waals surface area contributed by atoms with Gasteiger partial charge in [-0.3, -0.25) is 4.79 Å². The predicted molar refractivity (Wildman–Crippen MR) is 84.6 cm³/mol. The number of rotatable bonds is 8. The van der Waals surface area contributed by atoms with Crippen LogP contribution in [-0.2, 0) is 11.3 Å². The average molecular weight is 277 g/mol. The molecule has 0 saturated carbocycles. The van der Waals surface area contributed by atoms with Gasteiger partial charge in [0.1, 0.15) is 0 Å². The molecule has 0 saturated heterocycles. The molecular weight excluding hydrogens is 250 g/mol. The van der Waals surface area contributed by atoms with Crippen molar-refractivity contribution >= 4 is 11.6 Å². The molecule has 3 N–H and O–H groups in total. The van der Waals surface area contributed by atoms with Gasteiger partial charge in [0.15, 0.2) is 0 Å². The molecule has 1 aromatic rings. The molecule has 0 spiro atoms. The lowest BCUT2D eigenvalue weighted by molar-refractivity contribution is -0.116. The zero-order chi connectivity index (χ0) is 15.0. The minimum absolute atomic E-state index is 0.0564. The molecule has 4 nitrogen and oxygen atoms in total. The molecule has 0 aliphatic heterocycles. The molecule has 1 unspecified atom stereocenters. The highest BCUT2D eigenvalue weighted by Gasteiger charge is 2.11. The summed E-state index contributed by atoms with van der Waals surface area (Å²) < 4.78 is 0. The number of nitrogens with two attached hydrogens (primary N) is 1. The molecule has 112 valence electrons. The number of benzene rings is 1. The summed E-state index contributed by atoms with van der Waals surface area (Å²) in [7, 11) is 0. The van der Waals surface area contributed by atoms with Crippen molar-refractivity contribution < 1.29 is 4.79 Å². The summed E-state index contributed by atoms with van der Waals surface area (Å²) in [6.07, 6.45) is 1.62. The Kier molecular flexibility index (Phi) is 7.26. The average Bonchev–Trinajstić information content (AvgIpc) is 2.47. The van der Waals surface area contributed by atoms with Crippen LogP contribution in [0.15, 0.2) is 24.3 Å². The van der Waals surface area contributed by atoms with E-state index in [1.807, 2.05) is 24.3 Å². The van der Waals surface area contributed by atoms with Crippen molar-refractivity contribution in [3.05, 3.63) is 29.8 Å².